The van der Waals surface area contributed by atoms with Gasteiger partial charge in [-0.05, 0) is 205 Å². The lowest BCUT2D eigenvalue weighted by molar-refractivity contribution is -0.0566. The lowest BCUT2D eigenvalue weighted by Crippen LogP contribution is -2.38. The van der Waals surface area contributed by atoms with Crippen LogP contribution in [0.4, 0.5) is 71.9 Å². The molecule has 142 heavy (non-hydrogen) atoms. The van der Waals surface area contributed by atoms with Crippen molar-refractivity contribution in [3.05, 3.63) is 248 Å². The molecule has 4 fully saturated rings. The van der Waals surface area contributed by atoms with Crippen LogP contribution in [0.5, 0.6) is 0 Å². The molecule has 16 aromatic rings. The van der Waals surface area contributed by atoms with Gasteiger partial charge < -0.3 is 40.7 Å². The first-order chi connectivity index (χ1) is 68.1. The van der Waals surface area contributed by atoms with Crippen LogP contribution in [0.3, 0.4) is 0 Å². The van der Waals surface area contributed by atoms with Gasteiger partial charge in [-0.25, -0.2) is 45.6 Å². The summed E-state index contributed by atoms with van der Waals surface area (Å²) in [6, 6.07) is 44.7. The van der Waals surface area contributed by atoms with E-state index in [4.69, 9.17) is 4.74 Å². The number of aromatic amines is 4. The van der Waals surface area contributed by atoms with E-state index in [2.05, 4.69) is 177 Å². The molecule has 20 rings (SSSR count). The number of aromatic nitrogens is 16. The molecule has 0 spiro atoms. The van der Waals surface area contributed by atoms with Crippen LogP contribution >= 0.6 is 0 Å². The number of hydrogen-bond acceptors (Lipinski definition) is 25. The fraction of sp³-hybridized carbons (Fsp3) is 0.232. The number of H-pyrrole nitrogens is 4. The van der Waals surface area contributed by atoms with Crippen molar-refractivity contribution in [3.8, 4) is 44.5 Å². The van der Waals surface area contributed by atoms with Crippen molar-refractivity contribution in [1.29, 1.82) is 0 Å². The van der Waals surface area contributed by atoms with Gasteiger partial charge in [0.25, 0.3) is 29.6 Å². The highest BCUT2D eigenvalue weighted by Gasteiger charge is 2.34. The van der Waals surface area contributed by atoms with Crippen molar-refractivity contribution >= 4 is 193 Å². The highest BCUT2D eigenvalue weighted by Crippen LogP contribution is 2.36. The molecule has 0 saturated carbocycles. The van der Waals surface area contributed by atoms with E-state index in [1.807, 2.05) is 121 Å². The smallest absolute Gasteiger partial charge is 0.276 e. The molecule has 4 amide bonds. The second-order valence-corrected chi connectivity index (χ2v) is 44.0. The summed E-state index contributed by atoms with van der Waals surface area (Å²) in [6.07, 6.45) is 32.3. The average molecular weight is 2000 g/mol. The number of alkyl halides is 2. The molecule has 4 atom stereocenters. The molecular weight excluding hydrogens is 1890 g/mol. The highest BCUT2D eigenvalue weighted by molar-refractivity contribution is 8.01. The predicted octanol–water partition coefficient (Wildman–Crippen LogP) is 14.4. The van der Waals surface area contributed by atoms with E-state index in [0.29, 0.717) is 101 Å². The fourth-order valence-electron chi connectivity index (χ4n) is 16.5. The van der Waals surface area contributed by atoms with Crippen LogP contribution in [0.2, 0.25) is 0 Å². The predicted molar refractivity (Wildman–Crippen MR) is 565 cm³/mol. The summed E-state index contributed by atoms with van der Waals surface area (Å²) >= 11 is 0. The molecule has 37 nitrogen and oxygen atoms in total. The van der Waals surface area contributed by atoms with Crippen LogP contribution in [0.25, 0.3) is 88.1 Å². The van der Waals surface area contributed by atoms with Crippen LogP contribution in [0.1, 0.15) is 92.5 Å². The first-order valence-corrected chi connectivity index (χ1v) is 53.8. The molecule has 4 aliphatic rings. The summed E-state index contributed by atoms with van der Waals surface area (Å²) < 4.78 is 90.4. The molecule has 0 aliphatic carbocycles. The summed E-state index contributed by atoms with van der Waals surface area (Å²) in [5.41, 5.74) is 17.7. The third-order valence-corrected chi connectivity index (χ3v) is 25.9. The van der Waals surface area contributed by atoms with Gasteiger partial charge in [0.1, 0.15) is 23.3 Å². The van der Waals surface area contributed by atoms with Gasteiger partial charge >= 0.3 is 0 Å². The molecule has 0 bridgehead atoms. The number of carbonyl (C=O) groups is 4. The summed E-state index contributed by atoms with van der Waals surface area (Å²) in [4.78, 5) is 95.3. The van der Waals surface area contributed by atoms with Gasteiger partial charge in [0.2, 0.25) is 0 Å². The normalized spacial score (nSPS) is 15.9. The Bertz CT molecular complexity index is 7600. The van der Waals surface area contributed by atoms with Crippen LogP contribution < -0.4 is 54.9 Å². The first kappa shape index (κ1) is 97.9. The van der Waals surface area contributed by atoms with Gasteiger partial charge in [0.15, 0.2) is 22.8 Å². The molecule has 4 unspecified atom stereocenters. The van der Waals surface area contributed by atoms with Gasteiger partial charge in [0, 0.05) is 210 Å². The SMILES string of the molecule is C=S(C)(=O)Nc1ccc(NC(=O)c2n[nH]c3ccc(-c4cncc(CN5CCC(F)(F)CC5)c4)cc23)cn1.C=S(C)(=O)Nc1ccc(NC(=O)c2n[nH]c3ccc(-c4cncc(N5CCCC5)c4)cc23)cn1.C=S(C)(=O)Nc1ccc(NC(=O)c2n[nH]c3ccc(-c4cncc(N5CCCCC5)c4)cc23)cn1.C=S(C)(=O)Nc1ccc(NC(=O)c2n[nH]c3ccc(-c4cncc(N5CCOCC5)c4)cc23)cn1. The Morgan fingerprint density at radius 2 is 0.627 bits per heavy atom. The molecule has 0 radical (unpaired) electrons. The van der Waals surface area contributed by atoms with Gasteiger partial charge in [-0.1, -0.05) is 24.3 Å². The van der Waals surface area contributed by atoms with Crippen molar-refractivity contribution in [2.24, 2.45) is 0 Å². The number of piperidine rings is 2. The molecule has 43 heteroatoms. The molecule has 4 saturated heterocycles. The number of rotatable bonds is 25. The largest absolute Gasteiger partial charge is 0.378 e. The van der Waals surface area contributed by atoms with Crippen molar-refractivity contribution < 1.29 is 49.5 Å². The number of carbonyl (C=O) groups excluding carboxylic acids is 4. The maximum Gasteiger partial charge on any atom is 0.276 e. The minimum absolute atomic E-state index is 0.129. The third-order valence-electron chi connectivity index (χ3n) is 23.3. The quantitative estimate of drug-likeness (QED) is 0.0236. The number of benzene rings is 4. The number of fused-ring (bicyclic) bond motifs is 4. The van der Waals surface area contributed by atoms with Crippen LogP contribution in [-0.4, -0.2) is 246 Å². The van der Waals surface area contributed by atoms with Crippen molar-refractivity contribution in [2.75, 3.05) is 145 Å². The molecule has 16 heterocycles. The maximum atomic E-state index is 13.5. The number of anilines is 11. The second-order valence-electron chi connectivity index (χ2n) is 35.2. The van der Waals surface area contributed by atoms with E-state index < -0.39 is 50.7 Å². The fourth-order valence-corrected chi connectivity index (χ4v) is 18.7. The summed E-state index contributed by atoms with van der Waals surface area (Å²) in [7, 11) is -9.76. The Morgan fingerprint density at radius 1 is 0.345 bits per heavy atom. The number of halogens is 2. The highest BCUT2D eigenvalue weighted by atomic mass is 32.2. The Kier molecular flexibility index (Phi) is 29.3. The topological polar surface area (TPSA) is 473 Å². The Hall–Kier alpha value is -15.7. The number of likely N-dealkylation sites (tertiary alicyclic amines) is 1. The lowest BCUT2D eigenvalue weighted by Gasteiger charge is -2.31. The number of pyridine rings is 8. The standard InChI is InChI=1S/C26H27F2N7O2S.C25H27N7O2S.C24H25N7O3S.C24H25N7O2S/c1-38(2,37)34-23-6-4-20(15-30-23)31-25(36)24-21-12-18(3-5-22(21)32-33-24)19-11-17(13-29-14-19)16-35-9-7-26(27,28)8-10-35;1-35(2,34)31-23-9-7-19(15-27-23)28-25(33)24-21-13-17(6-8-22(21)29-30-24)18-12-20(16-26-14-18)32-10-4-3-5-11-32;1-35(2,33)30-22-6-4-18(14-26-22)27-24(32)23-20-12-16(3-5-21(20)28-29-23)17-11-19(15-25-13-17)31-7-9-34-10-8-31;1-34(2,33)30-22-8-6-18(14-26-22)27-24(32)23-20-12-16(5-7-21(20)28-29-23)17-11-19(15-25-13-17)31-9-3-4-10-31/h3-6,11-15H,1,7-10,16H2,2H3,(H,31,36)(H,32,33)(H,30,34,37);6-9,12-16H,1,3-5,10-11H2,2H3,(H,28,33)(H,29,30)(H,27,31,34);3-6,11-15H,1,7-10H2,2H3,(H,27,32)(H,28,29)(H,26,30,33);5-8,11-15H,1,3-4,9-10H2,2H3,(H,27,32)(H,28,29)(H,26,30,33). The van der Waals surface area contributed by atoms with E-state index in [0.717, 1.165) is 134 Å². The molecular formula is C99H104F2N28O9S4. The zero-order chi connectivity index (χ0) is 99.5. The van der Waals surface area contributed by atoms with Crippen LogP contribution in [0.15, 0.2) is 220 Å². The van der Waals surface area contributed by atoms with Gasteiger partial charge in [-0.15, -0.1) is 0 Å². The van der Waals surface area contributed by atoms with Crippen molar-refractivity contribution in [2.45, 2.75) is 57.4 Å². The number of ether oxygens (including phenoxy) is 1. The minimum atomic E-state index is -2.58. The van der Waals surface area contributed by atoms with Gasteiger partial charge in [-0.2, -0.15) is 20.4 Å². The zero-order valence-corrected chi connectivity index (χ0v) is 81.3. The average Bonchev–Trinajstić information content (AvgIpc) is 1.64. The van der Waals surface area contributed by atoms with E-state index in [-0.39, 0.29) is 47.6 Å². The number of hydrogen-bond donors (Lipinski definition) is 12. The molecule has 4 aliphatic heterocycles. The number of nitrogens with zero attached hydrogens (tertiary/aromatic N) is 16. The zero-order valence-electron chi connectivity index (χ0n) is 78.1. The van der Waals surface area contributed by atoms with Crippen molar-refractivity contribution in [1.82, 2.24) is 85.6 Å². The van der Waals surface area contributed by atoms with E-state index in [9.17, 15) is 44.8 Å². The molecule has 732 valence electrons. The number of nitrogens with one attached hydrogen (secondary N) is 12. The summed E-state index contributed by atoms with van der Waals surface area (Å²) in [6.45, 7) is 8.50. The molecule has 12 aromatic heterocycles. The van der Waals surface area contributed by atoms with E-state index >= 15 is 0 Å². The van der Waals surface area contributed by atoms with Gasteiger partial charge in [0.05, 0.1) is 118 Å². The Balaban J connectivity index is 0.000000130. The Labute approximate surface area is 818 Å². The number of amides is 4. The van der Waals surface area contributed by atoms with Crippen molar-refractivity contribution in [3.63, 3.8) is 0 Å². The summed E-state index contributed by atoms with van der Waals surface area (Å²) in [5, 5.41) is 42.6. The van der Waals surface area contributed by atoms with Crippen LogP contribution in [0, 0.1) is 0 Å². The van der Waals surface area contributed by atoms with E-state index in [1.54, 1.807) is 60.9 Å². The maximum absolute atomic E-state index is 13.5. The Morgan fingerprint density at radius 3 is 0.915 bits per heavy atom. The van der Waals surface area contributed by atoms with Gasteiger partial charge in [-0.3, -0.25) is 83.3 Å². The third kappa shape index (κ3) is 25.7. The first-order valence-electron chi connectivity index (χ1n) is 45.3. The lowest BCUT2D eigenvalue weighted by atomic mass is 10.0. The van der Waals surface area contributed by atoms with E-state index in [1.165, 1.54) is 81.9 Å². The second kappa shape index (κ2) is 42.6. The monoisotopic (exact) mass is 1990 g/mol. The molecule has 4 aromatic carbocycles. The number of morpholine rings is 1. The summed E-state index contributed by atoms with van der Waals surface area (Å²) in [5.74, 6) is 11.7. The van der Waals surface area contributed by atoms with Crippen LogP contribution in [-0.2, 0) is 50.1 Å². The minimum Gasteiger partial charge on any atom is -0.378 e. The molecule has 12 N–H and O–H groups in total.